The molecule has 0 spiro atoms. The summed E-state index contributed by atoms with van der Waals surface area (Å²) in [6, 6.07) is 14.2. The molecule has 2 aromatic rings. The number of aromatic nitrogens is 1. The quantitative estimate of drug-likeness (QED) is 0.645. The highest BCUT2D eigenvalue weighted by molar-refractivity contribution is 14.1. The van der Waals surface area contributed by atoms with Crippen molar-refractivity contribution >= 4 is 40.0 Å². The molecule has 0 aliphatic heterocycles. The molecular formula is C13H12ClIN2. The first kappa shape index (κ1) is 12.6. The number of hydrogen-bond acceptors (Lipinski definition) is 2. The molecule has 1 atom stereocenters. The van der Waals surface area contributed by atoms with Crippen LogP contribution in [0.3, 0.4) is 0 Å². The summed E-state index contributed by atoms with van der Waals surface area (Å²) in [5.74, 6) is 0.795. The van der Waals surface area contributed by atoms with Crippen molar-refractivity contribution in [2.75, 3.05) is 5.32 Å². The Morgan fingerprint density at radius 1 is 1.18 bits per heavy atom. The Labute approximate surface area is 120 Å². The second kappa shape index (κ2) is 5.69. The molecular weight excluding hydrogens is 347 g/mol. The molecule has 1 aromatic carbocycles. The molecule has 0 bridgehead atoms. The van der Waals surface area contributed by atoms with Crippen molar-refractivity contribution in [1.29, 1.82) is 0 Å². The average Bonchev–Trinajstić information content (AvgIpc) is 2.29. The van der Waals surface area contributed by atoms with Crippen LogP contribution in [0.2, 0.25) is 5.15 Å². The minimum atomic E-state index is 0.206. The molecule has 2 rings (SSSR count). The topological polar surface area (TPSA) is 24.9 Å². The van der Waals surface area contributed by atoms with Crippen LogP contribution >= 0.6 is 34.2 Å². The van der Waals surface area contributed by atoms with Crippen molar-refractivity contribution in [3.05, 3.63) is 56.8 Å². The molecule has 17 heavy (non-hydrogen) atoms. The molecule has 0 saturated heterocycles. The molecule has 0 aliphatic carbocycles. The second-order valence-electron chi connectivity index (χ2n) is 3.76. The Morgan fingerprint density at radius 2 is 1.88 bits per heavy atom. The maximum atomic E-state index is 5.84. The summed E-state index contributed by atoms with van der Waals surface area (Å²) in [5, 5.41) is 3.82. The summed E-state index contributed by atoms with van der Waals surface area (Å²) < 4.78 is 1.24. The largest absolute Gasteiger partial charge is 0.364 e. The minimum absolute atomic E-state index is 0.206. The lowest BCUT2D eigenvalue weighted by Gasteiger charge is -2.15. The van der Waals surface area contributed by atoms with Crippen molar-refractivity contribution in [1.82, 2.24) is 4.98 Å². The fourth-order valence-corrected chi connectivity index (χ4v) is 2.07. The minimum Gasteiger partial charge on any atom is -0.364 e. The van der Waals surface area contributed by atoms with Crippen LogP contribution in [0.25, 0.3) is 0 Å². The van der Waals surface area contributed by atoms with Crippen LogP contribution < -0.4 is 5.32 Å². The Morgan fingerprint density at radius 3 is 2.53 bits per heavy atom. The first-order valence-corrected chi connectivity index (χ1v) is 6.75. The lowest BCUT2D eigenvalue weighted by Crippen LogP contribution is -2.07. The van der Waals surface area contributed by atoms with Crippen molar-refractivity contribution in [3.63, 3.8) is 0 Å². The predicted octanol–water partition coefficient (Wildman–Crippen LogP) is 4.51. The van der Waals surface area contributed by atoms with Gasteiger partial charge in [-0.1, -0.05) is 29.8 Å². The van der Waals surface area contributed by atoms with E-state index in [9.17, 15) is 0 Å². The van der Waals surface area contributed by atoms with Gasteiger partial charge < -0.3 is 5.32 Å². The number of hydrogen-bond donors (Lipinski definition) is 1. The van der Waals surface area contributed by atoms with Gasteiger partial charge in [-0.05, 0) is 59.3 Å². The molecule has 1 heterocycles. The third-order valence-corrected chi connectivity index (χ3v) is 3.38. The molecule has 0 fully saturated rings. The highest BCUT2D eigenvalue weighted by Crippen LogP contribution is 2.19. The lowest BCUT2D eigenvalue weighted by atomic mass is 10.1. The number of pyridine rings is 1. The summed E-state index contributed by atoms with van der Waals surface area (Å²) in [5.41, 5.74) is 1.23. The fourth-order valence-electron chi connectivity index (χ4n) is 1.55. The predicted molar refractivity (Wildman–Crippen MR) is 80.4 cm³/mol. The summed E-state index contributed by atoms with van der Waals surface area (Å²) in [6.45, 7) is 2.10. The van der Waals surface area contributed by atoms with Gasteiger partial charge in [0, 0.05) is 9.61 Å². The maximum Gasteiger partial charge on any atom is 0.131 e. The van der Waals surface area contributed by atoms with E-state index in [1.807, 2.05) is 12.1 Å². The van der Waals surface area contributed by atoms with E-state index in [-0.39, 0.29) is 6.04 Å². The Hall–Kier alpha value is -0.810. The zero-order valence-electron chi connectivity index (χ0n) is 9.32. The van der Waals surface area contributed by atoms with E-state index in [0.29, 0.717) is 5.15 Å². The van der Waals surface area contributed by atoms with E-state index >= 15 is 0 Å². The summed E-state index contributed by atoms with van der Waals surface area (Å²) in [7, 11) is 0. The maximum absolute atomic E-state index is 5.84. The number of benzene rings is 1. The van der Waals surface area contributed by atoms with Gasteiger partial charge in [0.2, 0.25) is 0 Å². The van der Waals surface area contributed by atoms with Gasteiger partial charge in [0.25, 0.3) is 0 Å². The third-order valence-electron chi connectivity index (χ3n) is 2.45. The van der Waals surface area contributed by atoms with Gasteiger partial charge in [0.15, 0.2) is 0 Å². The van der Waals surface area contributed by atoms with Gasteiger partial charge in [-0.2, -0.15) is 0 Å². The normalized spacial score (nSPS) is 12.2. The third kappa shape index (κ3) is 3.57. The van der Waals surface area contributed by atoms with E-state index in [1.165, 1.54) is 9.13 Å². The number of halogens is 2. The Balaban J connectivity index is 2.11. The lowest BCUT2D eigenvalue weighted by molar-refractivity contribution is 0.874. The van der Waals surface area contributed by atoms with Crippen LogP contribution in [0.5, 0.6) is 0 Å². The van der Waals surface area contributed by atoms with Crippen molar-refractivity contribution in [2.45, 2.75) is 13.0 Å². The summed E-state index contributed by atoms with van der Waals surface area (Å²) in [6.07, 6.45) is 0. The zero-order valence-corrected chi connectivity index (χ0v) is 12.2. The molecule has 88 valence electrons. The standard InChI is InChI=1S/C13H12ClIN2/c1-9(10-5-7-11(15)8-6-10)16-13-4-2-3-12(14)17-13/h2-9H,1H3,(H,16,17). The van der Waals surface area contributed by atoms with Crippen molar-refractivity contribution in [2.24, 2.45) is 0 Å². The SMILES string of the molecule is CC(Nc1cccc(Cl)n1)c1ccc(I)cc1. The molecule has 1 unspecified atom stereocenters. The average molecular weight is 359 g/mol. The van der Waals surface area contributed by atoms with Crippen LogP contribution in [-0.2, 0) is 0 Å². The van der Waals surface area contributed by atoms with E-state index in [4.69, 9.17) is 11.6 Å². The van der Waals surface area contributed by atoms with Crippen LogP contribution in [0.4, 0.5) is 5.82 Å². The summed E-state index contributed by atoms with van der Waals surface area (Å²) in [4.78, 5) is 4.21. The first-order valence-electron chi connectivity index (χ1n) is 5.30. The Bertz CT molecular complexity index is 499. The molecule has 0 amide bonds. The molecule has 1 aromatic heterocycles. The Kier molecular flexibility index (Phi) is 4.23. The number of nitrogens with one attached hydrogen (secondary N) is 1. The van der Waals surface area contributed by atoms with E-state index in [1.54, 1.807) is 6.07 Å². The van der Waals surface area contributed by atoms with Gasteiger partial charge in [0.05, 0.1) is 0 Å². The molecule has 0 saturated carbocycles. The summed E-state index contributed by atoms with van der Waals surface area (Å²) >= 11 is 8.14. The van der Waals surface area contributed by atoms with Crippen LogP contribution in [0, 0.1) is 3.57 Å². The molecule has 2 nitrogen and oxygen atoms in total. The molecule has 4 heteroatoms. The molecule has 1 N–H and O–H groups in total. The number of anilines is 1. The van der Waals surface area contributed by atoms with Gasteiger partial charge in [-0.15, -0.1) is 0 Å². The smallest absolute Gasteiger partial charge is 0.131 e. The molecule has 0 radical (unpaired) electrons. The van der Waals surface area contributed by atoms with Gasteiger partial charge in [-0.3, -0.25) is 0 Å². The van der Waals surface area contributed by atoms with E-state index in [2.05, 4.69) is 64.1 Å². The van der Waals surface area contributed by atoms with E-state index < -0.39 is 0 Å². The van der Waals surface area contributed by atoms with Crippen molar-refractivity contribution in [3.8, 4) is 0 Å². The fraction of sp³-hybridized carbons (Fsp3) is 0.154. The second-order valence-corrected chi connectivity index (χ2v) is 5.40. The van der Waals surface area contributed by atoms with Gasteiger partial charge >= 0.3 is 0 Å². The monoisotopic (exact) mass is 358 g/mol. The highest BCUT2D eigenvalue weighted by Gasteiger charge is 2.05. The van der Waals surface area contributed by atoms with Crippen LogP contribution in [-0.4, -0.2) is 4.98 Å². The van der Waals surface area contributed by atoms with Gasteiger partial charge in [-0.25, -0.2) is 4.98 Å². The van der Waals surface area contributed by atoms with Crippen LogP contribution in [0.15, 0.2) is 42.5 Å². The highest BCUT2D eigenvalue weighted by atomic mass is 127. The van der Waals surface area contributed by atoms with Gasteiger partial charge in [0.1, 0.15) is 11.0 Å². The van der Waals surface area contributed by atoms with Crippen molar-refractivity contribution < 1.29 is 0 Å². The van der Waals surface area contributed by atoms with Crippen LogP contribution in [0.1, 0.15) is 18.5 Å². The van der Waals surface area contributed by atoms with E-state index in [0.717, 1.165) is 5.82 Å². The number of nitrogens with zero attached hydrogens (tertiary/aromatic N) is 1. The number of rotatable bonds is 3. The first-order chi connectivity index (χ1) is 8.15. The molecule has 0 aliphatic rings. The zero-order chi connectivity index (χ0) is 12.3.